The Labute approximate surface area is 88.5 Å². The number of rotatable bonds is 5. The third-order valence-electron chi connectivity index (χ3n) is 1.55. The predicted molar refractivity (Wildman–Crippen MR) is 63.3 cm³/mol. The molecule has 3 nitrogen and oxygen atoms in total. The maximum Gasteiger partial charge on any atom is 0.123 e. The van der Waals surface area contributed by atoms with E-state index < -0.39 is 0 Å². The van der Waals surface area contributed by atoms with Gasteiger partial charge in [0, 0.05) is 12.3 Å². The Bertz CT molecular complexity index is 302. The first-order valence-corrected chi connectivity index (χ1v) is 5.45. The van der Waals surface area contributed by atoms with E-state index >= 15 is 0 Å². The summed E-state index contributed by atoms with van der Waals surface area (Å²) in [7, 11) is 0. The van der Waals surface area contributed by atoms with Crippen LogP contribution in [0.3, 0.4) is 0 Å². The molecule has 0 saturated heterocycles. The summed E-state index contributed by atoms with van der Waals surface area (Å²) in [5, 5.41) is 3.22. The van der Waals surface area contributed by atoms with Crippen molar-refractivity contribution >= 4 is 23.3 Å². The maximum atomic E-state index is 5.46. The highest BCUT2D eigenvalue weighted by Gasteiger charge is 1.91. The molecule has 1 aromatic rings. The highest BCUT2D eigenvalue weighted by molar-refractivity contribution is 7.99. The third-order valence-corrected chi connectivity index (χ3v) is 2.41. The monoisotopic (exact) mass is 207 g/mol. The quantitative estimate of drug-likeness (QED) is 0.566. The normalized spacial score (nSPS) is 9.36. The molecule has 4 heteroatoms. The van der Waals surface area contributed by atoms with E-state index in [0.717, 1.165) is 23.7 Å². The zero-order valence-corrected chi connectivity index (χ0v) is 8.68. The summed E-state index contributed by atoms with van der Waals surface area (Å²) in [5.41, 5.74) is 6.44. The van der Waals surface area contributed by atoms with Crippen LogP contribution in [0.4, 0.5) is 11.5 Å². The molecule has 0 spiro atoms. The number of terminal acetylenes is 1. The first-order chi connectivity index (χ1) is 6.83. The minimum absolute atomic E-state index is 0.539. The number of nitrogen functional groups attached to an aromatic ring is 1. The van der Waals surface area contributed by atoms with Gasteiger partial charge in [0.15, 0.2) is 0 Å². The minimum Gasteiger partial charge on any atom is -0.384 e. The molecule has 14 heavy (non-hydrogen) atoms. The second-order valence-corrected chi connectivity index (χ2v) is 3.76. The third kappa shape index (κ3) is 4.06. The van der Waals surface area contributed by atoms with E-state index in [2.05, 4.69) is 16.2 Å². The van der Waals surface area contributed by atoms with Crippen LogP contribution in [0.5, 0.6) is 0 Å². The number of nitrogens with two attached hydrogens (primary N) is 1. The Morgan fingerprint density at radius 3 is 3.07 bits per heavy atom. The molecule has 0 aliphatic heterocycles. The van der Waals surface area contributed by atoms with E-state index in [0.29, 0.717) is 5.82 Å². The van der Waals surface area contributed by atoms with Crippen molar-refractivity contribution in [2.24, 2.45) is 0 Å². The van der Waals surface area contributed by atoms with E-state index in [4.69, 9.17) is 12.2 Å². The Kier molecular flexibility index (Phi) is 4.73. The van der Waals surface area contributed by atoms with Crippen molar-refractivity contribution in [2.75, 3.05) is 29.1 Å². The molecule has 0 radical (unpaired) electrons. The van der Waals surface area contributed by atoms with Gasteiger partial charge in [0.1, 0.15) is 5.82 Å². The van der Waals surface area contributed by atoms with Gasteiger partial charge in [-0.1, -0.05) is 5.92 Å². The highest BCUT2D eigenvalue weighted by Crippen LogP contribution is 2.07. The maximum absolute atomic E-state index is 5.46. The molecule has 0 amide bonds. The molecule has 1 rings (SSSR count). The van der Waals surface area contributed by atoms with E-state index in [1.165, 1.54) is 0 Å². The van der Waals surface area contributed by atoms with Crippen LogP contribution in [0.25, 0.3) is 0 Å². The fourth-order valence-corrected chi connectivity index (χ4v) is 1.42. The van der Waals surface area contributed by atoms with Crippen LogP contribution >= 0.6 is 11.8 Å². The largest absolute Gasteiger partial charge is 0.384 e. The molecule has 0 aromatic carbocycles. The van der Waals surface area contributed by atoms with Crippen LogP contribution in [-0.2, 0) is 0 Å². The summed E-state index contributed by atoms with van der Waals surface area (Å²) in [6.07, 6.45) is 6.85. The van der Waals surface area contributed by atoms with Gasteiger partial charge in [-0.15, -0.1) is 18.2 Å². The van der Waals surface area contributed by atoms with Gasteiger partial charge in [-0.05, 0) is 12.1 Å². The molecule has 0 aliphatic rings. The van der Waals surface area contributed by atoms with E-state index in [-0.39, 0.29) is 0 Å². The zero-order valence-electron chi connectivity index (χ0n) is 7.86. The van der Waals surface area contributed by atoms with E-state index in [9.17, 15) is 0 Å². The lowest BCUT2D eigenvalue weighted by atomic mass is 10.4. The summed E-state index contributed by atoms with van der Waals surface area (Å²) < 4.78 is 0. The lowest BCUT2D eigenvalue weighted by Crippen LogP contribution is -2.04. The molecular formula is C10H13N3S. The van der Waals surface area contributed by atoms with Crippen molar-refractivity contribution in [3.63, 3.8) is 0 Å². The second-order valence-electron chi connectivity index (χ2n) is 2.66. The van der Waals surface area contributed by atoms with Crippen molar-refractivity contribution in [2.45, 2.75) is 0 Å². The van der Waals surface area contributed by atoms with Gasteiger partial charge in [-0.3, -0.25) is 0 Å². The number of nitrogens with zero attached hydrogens (tertiary/aromatic N) is 1. The van der Waals surface area contributed by atoms with Crippen LogP contribution in [0.2, 0.25) is 0 Å². The molecule has 0 bridgehead atoms. The van der Waals surface area contributed by atoms with Gasteiger partial charge in [0.2, 0.25) is 0 Å². The van der Waals surface area contributed by atoms with Gasteiger partial charge in [-0.25, -0.2) is 4.98 Å². The van der Waals surface area contributed by atoms with Crippen LogP contribution in [0, 0.1) is 12.3 Å². The lowest BCUT2D eigenvalue weighted by molar-refractivity contribution is 1.21. The topological polar surface area (TPSA) is 50.9 Å². The SMILES string of the molecule is C#CCSCCNc1ccc(N)nc1. The molecule has 0 atom stereocenters. The van der Waals surface area contributed by atoms with Gasteiger partial charge in [0.25, 0.3) is 0 Å². The smallest absolute Gasteiger partial charge is 0.123 e. The average Bonchev–Trinajstić information content (AvgIpc) is 2.21. The lowest BCUT2D eigenvalue weighted by Gasteiger charge is -2.04. The summed E-state index contributed by atoms with van der Waals surface area (Å²) in [5.74, 6) is 4.88. The number of hydrogen-bond acceptors (Lipinski definition) is 4. The molecule has 1 aromatic heterocycles. The van der Waals surface area contributed by atoms with Gasteiger partial charge >= 0.3 is 0 Å². The van der Waals surface area contributed by atoms with Gasteiger partial charge < -0.3 is 11.1 Å². The number of hydrogen-bond donors (Lipinski definition) is 2. The van der Waals surface area contributed by atoms with Crippen LogP contribution in [0.15, 0.2) is 18.3 Å². The fourth-order valence-electron chi connectivity index (χ4n) is 0.909. The first-order valence-electron chi connectivity index (χ1n) is 4.29. The molecule has 74 valence electrons. The van der Waals surface area contributed by atoms with E-state index in [1.54, 1.807) is 24.0 Å². The van der Waals surface area contributed by atoms with Crippen molar-refractivity contribution < 1.29 is 0 Å². The molecule has 0 unspecified atom stereocenters. The zero-order chi connectivity index (χ0) is 10.2. The second kappa shape index (κ2) is 6.17. The fraction of sp³-hybridized carbons (Fsp3) is 0.300. The van der Waals surface area contributed by atoms with Gasteiger partial charge in [0.05, 0.1) is 17.6 Å². The van der Waals surface area contributed by atoms with Gasteiger partial charge in [-0.2, -0.15) is 0 Å². The molecule has 0 fully saturated rings. The van der Waals surface area contributed by atoms with Crippen LogP contribution in [-0.4, -0.2) is 23.0 Å². The summed E-state index contributed by atoms with van der Waals surface area (Å²) in [6, 6.07) is 3.69. The average molecular weight is 207 g/mol. The molecule has 1 heterocycles. The van der Waals surface area contributed by atoms with E-state index in [1.807, 2.05) is 6.07 Å². The Morgan fingerprint density at radius 2 is 2.43 bits per heavy atom. The van der Waals surface area contributed by atoms with Crippen LogP contribution < -0.4 is 11.1 Å². The van der Waals surface area contributed by atoms with Crippen LogP contribution in [0.1, 0.15) is 0 Å². The Hall–Kier alpha value is -1.34. The summed E-state index contributed by atoms with van der Waals surface area (Å²) >= 11 is 1.73. The van der Waals surface area contributed by atoms with Crippen molar-refractivity contribution in [1.29, 1.82) is 0 Å². The number of thioether (sulfide) groups is 1. The molecular weight excluding hydrogens is 194 g/mol. The Morgan fingerprint density at radius 1 is 1.57 bits per heavy atom. The number of pyridine rings is 1. The number of aromatic nitrogens is 1. The first kappa shape index (κ1) is 10.7. The number of anilines is 2. The predicted octanol–water partition coefficient (Wildman–Crippen LogP) is 1.44. The molecule has 0 saturated carbocycles. The standard InChI is InChI=1S/C10H13N3S/c1-2-6-14-7-5-12-9-3-4-10(11)13-8-9/h1,3-4,8,12H,5-7H2,(H2,11,13). The molecule has 3 N–H and O–H groups in total. The molecule has 0 aliphatic carbocycles. The summed E-state index contributed by atoms with van der Waals surface area (Å²) in [6.45, 7) is 0.887. The van der Waals surface area contributed by atoms with Crippen molar-refractivity contribution in [3.8, 4) is 12.3 Å². The van der Waals surface area contributed by atoms with Crippen molar-refractivity contribution in [3.05, 3.63) is 18.3 Å². The van der Waals surface area contributed by atoms with Crippen molar-refractivity contribution in [1.82, 2.24) is 4.98 Å². The highest BCUT2D eigenvalue weighted by atomic mass is 32.2. The summed E-state index contributed by atoms with van der Waals surface area (Å²) in [4.78, 5) is 3.97. The Balaban J connectivity index is 2.19. The minimum atomic E-state index is 0.539. The number of nitrogens with one attached hydrogen (secondary N) is 1.